The van der Waals surface area contributed by atoms with E-state index in [1.165, 1.54) is 16.7 Å². The number of β-lactam (4-membered cyclic amide) rings is 1. The zero-order valence-electron chi connectivity index (χ0n) is 15.5. The molecule has 0 bridgehead atoms. The molecule has 1 unspecified atom stereocenters. The van der Waals surface area contributed by atoms with Gasteiger partial charge in [-0.1, -0.05) is 18.2 Å². The molecule has 148 valence electrons. The van der Waals surface area contributed by atoms with E-state index < -0.39 is 34.1 Å². The van der Waals surface area contributed by atoms with Crippen LogP contribution in [0.2, 0.25) is 0 Å². The van der Waals surface area contributed by atoms with Crippen LogP contribution < -0.4 is 5.32 Å². The molecule has 2 heterocycles. The van der Waals surface area contributed by atoms with Crippen molar-refractivity contribution in [2.45, 2.75) is 37.8 Å². The second-order valence-corrected chi connectivity index (χ2v) is 8.78. The van der Waals surface area contributed by atoms with Gasteiger partial charge in [0.1, 0.15) is 22.7 Å². The molecule has 1 aromatic rings. The lowest BCUT2D eigenvalue weighted by molar-refractivity contribution is -0.158. The lowest BCUT2D eigenvalue weighted by Gasteiger charge is -2.49. The molecule has 0 aromatic heterocycles. The van der Waals surface area contributed by atoms with E-state index >= 15 is 0 Å². The smallest absolute Gasteiger partial charge is 0.356 e. The molecule has 2 aliphatic rings. The van der Waals surface area contributed by atoms with Crippen molar-refractivity contribution in [1.82, 2.24) is 10.2 Å². The number of hydrogen-bond donors (Lipinski definition) is 1. The van der Waals surface area contributed by atoms with Crippen molar-refractivity contribution in [3.63, 3.8) is 0 Å². The van der Waals surface area contributed by atoms with Crippen molar-refractivity contribution in [2.24, 2.45) is 0 Å². The number of ether oxygens (including phenoxy) is 1. The van der Waals surface area contributed by atoms with Crippen LogP contribution in [-0.4, -0.2) is 50.7 Å². The Hall–Kier alpha value is -2.32. The zero-order valence-corrected chi connectivity index (χ0v) is 17.1. The summed E-state index contributed by atoms with van der Waals surface area (Å²) < 4.78 is 5.35. The van der Waals surface area contributed by atoms with Gasteiger partial charge >= 0.3 is 5.97 Å². The molecule has 2 aliphatic heterocycles. The molecule has 0 aliphatic carbocycles. The van der Waals surface area contributed by atoms with Crippen LogP contribution in [0, 0.1) is 0 Å². The predicted octanol–water partition coefficient (Wildman–Crippen LogP) is 2.06. The van der Waals surface area contributed by atoms with E-state index in [4.69, 9.17) is 16.3 Å². The maximum atomic E-state index is 12.7. The number of nitrogens with zero attached hydrogens (tertiary/aromatic N) is 1. The average molecular weight is 423 g/mol. The van der Waals surface area contributed by atoms with E-state index in [1.807, 2.05) is 0 Å². The van der Waals surface area contributed by atoms with E-state index in [-0.39, 0.29) is 22.9 Å². The molecule has 1 fully saturated rings. The molecule has 2 amide bonds. The van der Waals surface area contributed by atoms with Gasteiger partial charge in [0.25, 0.3) is 17.1 Å². The highest BCUT2D eigenvalue weighted by atomic mass is 35.5. The Labute approximate surface area is 171 Å². The van der Waals surface area contributed by atoms with Gasteiger partial charge in [-0.2, -0.15) is 0 Å². The van der Waals surface area contributed by atoms with E-state index in [1.54, 1.807) is 51.1 Å². The Morgan fingerprint density at radius 2 is 1.86 bits per heavy atom. The van der Waals surface area contributed by atoms with Crippen molar-refractivity contribution in [1.29, 1.82) is 0 Å². The molecule has 0 radical (unpaired) electrons. The molecule has 1 N–H and O–H groups in total. The Kier molecular flexibility index (Phi) is 5.54. The molecule has 28 heavy (non-hydrogen) atoms. The van der Waals surface area contributed by atoms with Crippen molar-refractivity contribution in [3.8, 4) is 0 Å². The second kappa shape index (κ2) is 7.60. The van der Waals surface area contributed by atoms with Gasteiger partial charge < -0.3 is 10.1 Å². The molecular weight excluding hydrogens is 404 g/mol. The predicted molar refractivity (Wildman–Crippen MR) is 105 cm³/mol. The Balaban J connectivity index is 1.83. The van der Waals surface area contributed by atoms with Gasteiger partial charge in [0, 0.05) is 11.3 Å². The number of hydrogen-bond acceptors (Lipinski definition) is 6. The zero-order chi connectivity index (χ0) is 20.6. The van der Waals surface area contributed by atoms with Crippen molar-refractivity contribution < 1.29 is 23.9 Å². The van der Waals surface area contributed by atoms with Gasteiger partial charge in [-0.25, -0.2) is 4.79 Å². The summed E-state index contributed by atoms with van der Waals surface area (Å²) in [6, 6.07) is 7.71. The minimum Gasteiger partial charge on any atom is -0.455 e. The minimum atomic E-state index is -0.809. The van der Waals surface area contributed by atoms with Gasteiger partial charge in [-0.15, -0.1) is 11.8 Å². The van der Waals surface area contributed by atoms with E-state index in [9.17, 15) is 19.2 Å². The first-order valence-corrected chi connectivity index (χ1v) is 10.00. The summed E-state index contributed by atoms with van der Waals surface area (Å²) in [6.07, 6.45) is 0. The standard InChI is InChI=1S/C19H19ClN2O5S/c1-19(2,3)27-18(26)13-11(14(20)23)9-28-17-12(16(25)22(13)17)21-15(24)10-7-5-4-6-8-10/h4-8,12,17H,9H2,1-3H3,(H,21,24)/t12?,17-/m0/s1. The van der Waals surface area contributed by atoms with E-state index in [0.29, 0.717) is 5.56 Å². The number of rotatable bonds is 4. The number of carbonyl (C=O) groups is 4. The largest absolute Gasteiger partial charge is 0.455 e. The van der Waals surface area contributed by atoms with Crippen LogP contribution >= 0.6 is 23.4 Å². The maximum Gasteiger partial charge on any atom is 0.356 e. The number of amides is 2. The molecule has 1 saturated heterocycles. The summed E-state index contributed by atoms with van der Waals surface area (Å²) in [5.41, 5.74) is -0.499. The summed E-state index contributed by atoms with van der Waals surface area (Å²) >= 11 is 6.88. The molecule has 9 heteroatoms. The van der Waals surface area contributed by atoms with Crippen LogP contribution in [0.25, 0.3) is 0 Å². The summed E-state index contributed by atoms with van der Waals surface area (Å²) in [4.78, 5) is 50.7. The molecule has 3 rings (SSSR count). The molecule has 0 saturated carbocycles. The number of benzene rings is 1. The van der Waals surface area contributed by atoms with Crippen LogP contribution in [0.5, 0.6) is 0 Å². The number of esters is 1. The lowest BCUT2D eigenvalue weighted by Crippen LogP contribution is -2.70. The molecule has 2 atom stereocenters. The Morgan fingerprint density at radius 1 is 1.21 bits per heavy atom. The van der Waals surface area contributed by atoms with E-state index in [2.05, 4.69) is 5.32 Å². The van der Waals surface area contributed by atoms with Crippen molar-refractivity contribution >= 4 is 46.4 Å². The first kappa shape index (κ1) is 20.4. The number of carbonyl (C=O) groups excluding carboxylic acids is 4. The van der Waals surface area contributed by atoms with Crippen LogP contribution in [0.1, 0.15) is 31.1 Å². The maximum absolute atomic E-state index is 12.7. The van der Waals surface area contributed by atoms with Crippen LogP contribution in [0.3, 0.4) is 0 Å². The van der Waals surface area contributed by atoms with Crippen molar-refractivity contribution in [2.75, 3.05) is 5.75 Å². The molecule has 0 spiro atoms. The fourth-order valence-electron chi connectivity index (χ4n) is 2.90. The van der Waals surface area contributed by atoms with Crippen LogP contribution in [-0.2, 0) is 19.1 Å². The first-order chi connectivity index (χ1) is 13.1. The monoisotopic (exact) mass is 422 g/mol. The fraction of sp³-hybridized carbons (Fsp3) is 0.368. The number of fused-ring (bicyclic) bond motifs is 1. The second-order valence-electron chi connectivity index (χ2n) is 7.33. The SMILES string of the molecule is CC(C)(C)OC(=O)C1=C(C(=O)Cl)CS[C@H]2C(NC(=O)c3ccccc3)C(=O)N12. The van der Waals surface area contributed by atoms with Gasteiger partial charge in [0.2, 0.25) is 0 Å². The van der Waals surface area contributed by atoms with Gasteiger partial charge in [-0.05, 0) is 44.5 Å². The highest BCUT2D eigenvalue weighted by Gasteiger charge is 2.55. The highest BCUT2D eigenvalue weighted by Crippen LogP contribution is 2.41. The molecule has 7 nitrogen and oxygen atoms in total. The number of halogens is 1. The highest BCUT2D eigenvalue weighted by molar-refractivity contribution is 8.00. The lowest BCUT2D eigenvalue weighted by atomic mass is 10.0. The Bertz CT molecular complexity index is 878. The summed E-state index contributed by atoms with van der Waals surface area (Å²) in [6.45, 7) is 5.05. The molecule has 1 aromatic carbocycles. The quantitative estimate of drug-likeness (QED) is 0.453. The average Bonchev–Trinajstić information content (AvgIpc) is 2.63. The third-order valence-corrected chi connectivity index (χ3v) is 5.63. The van der Waals surface area contributed by atoms with Crippen LogP contribution in [0.4, 0.5) is 0 Å². The normalized spacial score (nSPS) is 21.6. The summed E-state index contributed by atoms with van der Waals surface area (Å²) in [7, 11) is 0. The fourth-order valence-corrected chi connectivity index (χ4v) is 4.48. The molecular formula is C19H19ClN2O5S. The summed E-state index contributed by atoms with van der Waals surface area (Å²) in [5, 5.41) is 1.37. The van der Waals surface area contributed by atoms with Gasteiger partial charge in [0.15, 0.2) is 0 Å². The third kappa shape index (κ3) is 3.93. The first-order valence-electron chi connectivity index (χ1n) is 8.57. The van der Waals surface area contributed by atoms with Crippen LogP contribution in [0.15, 0.2) is 41.6 Å². The van der Waals surface area contributed by atoms with Crippen molar-refractivity contribution in [3.05, 3.63) is 47.2 Å². The summed E-state index contributed by atoms with van der Waals surface area (Å²) in [5.74, 6) is -1.52. The van der Waals surface area contributed by atoms with Gasteiger partial charge in [0.05, 0.1) is 5.57 Å². The minimum absolute atomic E-state index is 0.0263. The number of thioether (sulfide) groups is 1. The number of nitrogens with one attached hydrogen (secondary N) is 1. The Morgan fingerprint density at radius 3 is 2.43 bits per heavy atom. The third-order valence-electron chi connectivity index (χ3n) is 4.12. The van der Waals surface area contributed by atoms with Gasteiger partial charge in [-0.3, -0.25) is 19.3 Å². The van der Waals surface area contributed by atoms with E-state index in [0.717, 1.165) is 0 Å². The topological polar surface area (TPSA) is 92.8 Å².